The van der Waals surface area contributed by atoms with Crippen LogP contribution in [0, 0.1) is 0 Å². The van der Waals surface area contributed by atoms with E-state index in [0.717, 1.165) is 30.6 Å². The minimum Gasteiger partial charge on any atom is -0.330 e. The number of rotatable bonds is 15. The zero-order valence-electron chi connectivity index (χ0n) is 17.8. The van der Waals surface area contributed by atoms with Crippen LogP contribution in [0.5, 0.6) is 0 Å². The summed E-state index contributed by atoms with van der Waals surface area (Å²) in [5, 5.41) is 0.710. The van der Waals surface area contributed by atoms with Crippen molar-refractivity contribution in [3.05, 3.63) is 40.4 Å². The minimum atomic E-state index is 0.0807. The van der Waals surface area contributed by atoms with E-state index in [1.807, 2.05) is 28.8 Å². The van der Waals surface area contributed by atoms with E-state index in [0.29, 0.717) is 18.5 Å². The number of para-hydroxylation sites is 1. The number of benzene rings is 1. The highest BCUT2D eigenvalue weighted by atomic mass is 16.1. The third-order valence-corrected chi connectivity index (χ3v) is 5.53. The van der Waals surface area contributed by atoms with Gasteiger partial charge in [-0.1, -0.05) is 83.3 Å². The molecule has 0 amide bonds. The maximum atomic E-state index is 12.8. The van der Waals surface area contributed by atoms with E-state index in [9.17, 15) is 4.79 Å². The van der Waals surface area contributed by atoms with E-state index in [4.69, 9.17) is 10.7 Å². The first kappa shape index (κ1) is 22.6. The maximum absolute atomic E-state index is 12.8. The van der Waals surface area contributed by atoms with Crippen LogP contribution in [0.25, 0.3) is 10.9 Å². The Balaban J connectivity index is 1.77. The Bertz CT molecular complexity index is 738. The molecule has 0 aliphatic carbocycles. The highest BCUT2D eigenvalue weighted by Crippen LogP contribution is 2.14. The average molecular weight is 386 g/mol. The van der Waals surface area contributed by atoms with Crippen molar-refractivity contribution in [2.45, 2.75) is 96.9 Å². The first-order chi connectivity index (χ1) is 13.8. The summed E-state index contributed by atoms with van der Waals surface area (Å²) in [6.07, 6.45) is 16.3. The van der Waals surface area contributed by atoms with Crippen LogP contribution >= 0.6 is 0 Å². The molecule has 4 nitrogen and oxygen atoms in total. The van der Waals surface area contributed by atoms with Crippen LogP contribution < -0.4 is 11.3 Å². The van der Waals surface area contributed by atoms with Gasteiger partial charge in [0.15, 0.2) is 0 Å². The molecule has 0 aliphatic heterocycles. The highest BCUT2D eigenvalue weighted by Gasteiger charge is 2.10. The summed E-state index contributed by atoms with van der Waals surface area (Å²) in [6, 6.07) is 7.66. The van der Waals surface area contributed by atoms with Crippen LogP contribution in [0.4, 0.5) is 0 Å². The zero-order valence-corrected chi connectivity index (χ0v) is 17.8. The SMILES string of the molecule is CCCCCCCCCCCCCc1nc2ccccc2c(=O)n1CCCN. The van der Waals surface area contributed by atoms with Crippen LogP contribution in [0.15, 0.2) is 29.1 Å². The van der Waals surface area contributed by atoms with Gasteiger partial charge in [0.25, 0.3) is 5.56 Å². The van der Waals surface area contributed by atoms with Gasteiger partial charge in [0, 0.05) is 13.0 Å². The molecule has 0 saturated heterocycles. The molecular formula is C24H39N3O. The number of hydrogen-bond acceptors (Lipinski definition) is 3. The Morgan fingerprint density at radius 3 is 2.11 bits per heavy atom. The molecule has 0 spiro atoms. The van der Waals surface area contributed by atoms with Gasteiger partial charge >= 0.3 is 0 Å². The van der Waals surface area contributed by atoms with E-state index in [1.165, 1.54) is 64.2 Å². The van der Waals surface area contributed by atoms with Gasteiger partial charge in [0.2, 0.25) is 0 Å². The standard InChI is InChI=1S/C24H39N3O/c1-2-3-4-5-6-7-8-9-10-11-12-18-23-26-22-17-14-13-16-21(22)24(28)27(23)20-15-19-25/h13-14,16-17H,2-12,15,18-20,25H2,1H3. The van der Waals surface area contributed by atoms with Crippen molar-refractivity contribution < 1.29 is 0 Å². The van der Waals surface area contributed by atoms with E-state index in [2.05, 4.69) is 6.92 Å². The van der Waals surface area contributed by atoms with E-state index in [1.54, 1.807) is 0 Å². The Hall–Kier alpha value is -1.68. The molecule has 0 unspecified atom stereocenters. The average Bonchev–Trinajstić information content (AvgIpc) is 2.71. The molecule has 0 fully saturated rings. The molecule has 4 heteroatoms. The summed E-state index contributed by atoms with van der Waals surface area (Å²) in [6.45, 7) is 3.53. The largest absolute Gasteiger partial charge is 0.330 e. The van der Waals surface area contributed by atoms with Crippen LogP contribution in [0.1, 0.15) is 89.8 Å². The Labute approximate surface area is 170 Å². The molecule has 0 saturated carbocycles. The van der Waals surface area contributed by atoms with Gasteiger partial charge in [-0.3, -0.25) is 9.36 Å². The van der Waals surface area contributed by atoms with E-state index >= 15 is 0 Å². The lowest BCUT2D eigenvalue weighted by molar-refractivity contribution is 0.536. The van der Waals surface area contributed by atoms with Crippen LogP contribution in [-0.4, -0.2) is 16.1 Å². The predicted octanol–water partition coefficient (Wildman–Crippen LogP) is 5.60. The smallest absolute Gasteiger partial charge is 0.261 e. The first-order valence-corrected chi connectivity index (χ1v) is 11.5. The number of nitrogens with zero attached hydrogens (tertiary/aromatic N) is 2. The summed E-state index contributed by atoms with van der Waals surface area (Å²) in [4.78, 5) is 17.6. The third-order valence-electron chi connectivity index (χ3n) is 5.53. The normalized spacial score (nSPS) is 11.4. The molecule has 156 valence electrons. The summed E-state index contributed by atoms with van der Waals surface area (Å²) in [5.41, 5.74) is 6.56. The van der Waals surface area contributed by atoms with Crippen molar-refractivity contribution in [2.75, 3.05) is 6.54 Å². The van der Waals surface area contributed by atoms with Gasteiger partial charge in [-0.15, -0.1) is 0 Å². The molecule has 2 aromatic rings. The molecule has 2 rings (SSSR count). The number of fused-ring (bicyclic) bond motifs is 1. The van der Waals surface area contributed by atoms with E-state index < -0.39 is 0 Å². The summed E-state index contributed by atoms with van der Waals surface area (Å²) in [7, 11) is 0. The molecule has 0 aliphatic rings. The lowest BCUT2D eigenvalue weighted by Crippen LogP contribution is -2.26. The van der Waals surface area contributed by atoms with Crippen molar-refractivity contribution in [3.63, 3.8) is 0 Å². The molecule has 2 N–H and O–H groups in total. The van der Waals surface area contributed by atoms with Gasteiger partial charge in [-0.25, -0.2) is 4.98 Å². The molecule has 0 atom stereocenters. The second-order valence-corrected chi connectivity index (χ2v) is 7.93. The van der Waals surface area contributed by atoms with Crippen molar-refractivity contribution in [1.82, 2.24) is 9.55 Å². The Kier molecular flexibility index (Phi) is 10.9. The van der Waals surface area contributed by atoms with Crippen molar-refractivity contribution >= 4 is 10.9 Å². The molecular weight excluding hydrogens is 346 g/mol. The first-order valence-electron chi connectivity index (χ1n) is 11.5. The lowest BCUT2D eigenvalue weighted by atomic mass is 10.1. The second kappa shape index (κ2) is 13.5. The van der Waals surface area contributed by atoms with Crippen LogP contribution in [0.3, 0.4) is 0 Å². The maximum Gasteiger partial charge on any atom is 0.261 e. The number of hydrogen-bond donors (Lipinski definition) is 1. The van der Waals surface area contributed by atoms with Gasteiger partial charge in [0.05, 0.1) is 10.9 Å². The second-order valence-electron chi connectivity index (χ2n) is 7.93. The zero-order chi connectivity index (χ0) is 20.0. The molecule has 0 bridgehead atoms. The van der Waals surface area contributed by atoms with Crippen LogP contribution in [-0.2, 0) is 13.0 Å². The fraction of sp³-hybridized carbons (Fsp3) is 0.667. The molecule has 28 heavy (non-hydrogen) atoms. The molecule has 1 heterocycles. The van der Waals surface area contributed by atoms with Gasteiger partial charge in [-0.2, -0.15) is 0 Å². The van der Waals surface area contributed by atoms with Gasteiger partial charge < -0.3 is 5.73 Å². The number of unbranched alkanes of at least 4 members (excludes halogenated alkanes) is 10. The van der Waals surface area contributed by atoms with Crippen molar-refractivity contribution in [3.8, 4) is 0 Å². The molecule has 1 aromatic heterocycles. The lowest BCUT2D eigenvalue weighted by Gasteiger charge is -2.13. The summed E-state index contributed by atoms with van der Waals surface area (Å²) >= 11 is 0. The number of nitrogens with two attached hydrogens (primary N) is 1. The summed E-state index contributed by atoms with van der Waals surface area (Å²) < 4.78 is 1.85. The predicted molar refractivity (Wildman–Crippen MR) is 120 cm³/mol. The number of aryl methyl sites for hydroxylation is 1. The van der Waals surface area contributed by atoms with Crippen molar-refractivity contribution in [2.24, 2.45) is 5.73 Å². The van der Waals surface area contributed by atoms with Crippen molar-refractivity contribution in [1.29, 1.82) is 0 Å². The molecule has 0 radical (unpaired) electrons. The Morgan fingerprint density at radius 2 is 1.46 bits per heavy atom. The van der Waals surface area contributed by atoms with Gasteiger partial charge in [-0.05, 0) is 31.5 Å². The van der Waals surface area contributed by atoms with Crippen LogP contribution in [0.2, 0.25) is 0 Å². The quantitative estimate of drug-likeness (QED) is 0.406. The minimum absolute atomic E-state index is 0.0807. The third kappa shape index (κ3) is 7.38. The Morgan fingerprint density at radius 1 is 0.857 bits per heavy atom. The topological polar surface area (TPSA) is 60.9 Å². The number of aromatic nitrogens is 2. The summed E-state index contributed by atoms with van der Waals surface area (Å²) in [5.74, 6) is 0.924. The highest BCUT2D eigenvalue weighted by molar-refractivity contribution is 5.77. The van der Waals surface area contributed by atoms with E-state index in [-0.39, 0.29) is 5.56 Å². The monoisotopic (exact) mass is 385 g/mol. The molecule has 1 aromatic carbocycles. The fourth-order valence-corrected chi connectivity index (χ4v) is 3.83. The van der Waals surface area contributed by atoms with Gasteiger partial charge in [0.1, 0.15) is 5.82 Å². The fourth-order valence-electron chi connectivity index (χ4n) is 3.83.